The van der Waals surface area contributed by atoms with E-state index < -0.39 is 0 Å². The highest BCUT2D eigenvalue weighted by Crippen LogP contribution is 2.16. The zero-order valence-corrected chi connectivity index (χ0v) is 8.06. The van der Waals surface area contributed by atoms with Crippen molar-refractivity contribution < 1.29 is 0 Å². The van der Waals surface area contributed by atoms with Crippen LogP contribution in [0, 0.1) is 0 Å². The van der Waals surface area contributed by atoms with Gasteiger partial charge in [0.1, 0.15) is 0 Å². The van der Waals surface area contributed by atoms with E-state index in [1.807, 2.05) is 30.3 Å². The summed E-state index contributed by atoms with van der Waals surface area (Å²) in [4.78, 5) is 5.40. The van der Waals surface area contributed by atoms with Gasteiger partial charge >= 0.3 is 0 Å². The molecule has 0 atom stereocenters. The molecule has 0 unspecified atom stereocenters. The second-order valence-corrected chi connectivity index (χ2v) is 2.93. The third-order valence-electron chi connectivity index (χ3n) is 2.00. The Balaban J connectivity index is 2.79. The Morgan fingerprint density at radius 1 is 1.00 bits per heavy atom. The second-order valence-electron chi connectivity index (χ2n) is 2.93. The monoisotopic (exact) mass is 202 g/mol. The van der Waals surface area contributed by atoms with Gasteiger partial charge in [0, 0.05) is 22.9 Å². The zero-order valence-electron chi connectivity index (χ0n) is 8.06. The van der Waals surface area contributed by atoms with Gasteiger partial charge in [0.25, 0.3) is 0 Å². The molecule has 0 N–H and O–H groups in total. The number of hydrogen-bond donors (Lipinski definition) is 0. The number of rotatable bonds is 5. The van der Waals surface area contributed by atoms with Gasteiger partial charge in [0.15, 0.2) is 0 Å². The van der Waals surface area contributed by atoms with Gasteiger partial charge in [-0.25, -0.2) is 0 Å². The Morgan fingerprint density at radius 2 is 1.53 bits per heavy atom. The Kier molecular flexibility index (Phi) is 4.60. The van der Waals surface area contributed by atoms with E-state index >= 15 is 0 Å². The molecule has 0 aliphatic rings. The Labute approximate surface area is 86.8 Å². The topological polar surface area (TPSA) is 97.5 Å². The summed E-state index contributed by atoms with van der Waals surface area (Å²) in [6.45, 7) is 0.610. The van der Waals surface area contributed by atoms with E-state index in [0.29, 0.717) is 13.1 Å². The molecule has 0 aliphatic carbocycles. The van der Waals surface area contributed by atoms with Gasteiger partial charge in [-0.05, 0) is 22.5 Å². The van der Waals surface area contributed by atoms with Gasteiger partial charge in [-0.3, -0.25) is 0 Å². The average Bonchev–Trinajstić information content (AvgIpc) is 2.30. The maximum absolute atomic E-state index is 8.24. The summed E-state index contributed by atoms with van der Waals surface area (Å²) in [5, 5.41) is 7.00. The van der Waals surface area contributed by atoms with E-state index in [2.05, 4.69) is 20.1 Å². The van der Waals surface area contributed by atoms with Crippen molar-refractivity contribution >= 4 is 0 Å². The number of hydrogen-bond acceptors (Lipinski definition) is 2. The van der Waals surface area contributed by atoms with E-state index in [1.54, 1.807) is 0 Å². The predicted molar refractivity (Wildman–Crippen MR) is 57.2 cm³/mol. The molecule has 0 fully saturated rings. The number of benzene rings is 1. The van der Waals surface area contributed by atoms with Gasteiger partial charge in [0.05, 0.1) is 0 Å². The Bertz CT molecular complexity index is 368. The molecule has 15 heavy (non-hydrogen) atoms. The fraction of sp³-hybridized carbons (Fsp3) is 0.333. The largest absolute Gasteiger partial charge is 0.0933 e. The third-order valence-corrected chi connectivity index (χ3v) is 2.00. The van der Waals surface area contributed by atoms with E-state index in [0.717, 1.165) is 5.56 Å². The quantitative estimate of drug-likeness (QED) is 0.397. The van der Waals surface area contributed by atoms with Gasteiger partial charge in [0.2, 0.25) is 0 Å². The lowest BCUT2D eigenvalue weighted by atomic mass is 10.00. The maximum atomic E-state index is 8.24. The van der Waals surface area contributed by atoms with Gasteiger partial charge in [-0.2, -0.15) is 0 Å². The molecule has 0 amide bonds. The third kappa shape index (κ3) is 3.60. The fourth-order valence-electron chi connectivity index (χ4n) is 1.26. The minimum atomic E-state index is -0.0435. The lowest BCUT2D eigenvalue weighted by molar-refractivity contribution is 0.703. The molecular formula is C9H10N6. The van der Waals surface area contributed by atoms with E-state index in [4.69, 9.17) is 11.1 Å². The Hall–Kier alpha value is -2.16. The molecule has 76 valence electrons. The van der Waals surface area contributed by atoms with Crippen LogP contribution in [0.5, 0.6) is 0 Å². The molecule has 0 heterocycles. The van der Waals surface area contributed by atoms with Crippen LogP contribution in [0.2, 0.25) is 0 Å². The van der Waals surface area contributed by atoms with Crippen molar-refractivity contribution in [2.24, 2.45) is 10.2 Å². The summed E-state index contributed by atoms with van der Waals surface area (Å²) in [7, 11) is 0. The van der Waals surface area contributed by atoms with Gasteiger partial charge in [-0.15, -0.1) is 0 Å². The minimum Gasteiger partial charge on any atom is -0.0933 e. The van der Waals surface area contributed by atoms with Crippen LogP contribution in [0.4, 0.5) is 0 Å². The maximum Gasteiger partial charge on any atom is 0.0328 e. The molecule has 6 heteroatoms. The molecule has 0 bridgehead atoms. The molecule has 0 saturated carbocycles. The second kappa shape index (κ2) is 6.32. The summed E-state index contributed by atoms with van der Waals surface area (Å²) in [5.41, 5.74) is 17.5. The molecule has 1 rings (SSSR count). The molecular weight excluding hydrogens is 192 g/mol. The van der Waals surface area contributed by atoms with Crippen LogP contribution in [-0.4, -0.2) is 13.1 Å². The number of nitrogens with zero attached hydrogens (tertiary/aromatic N) is 6. The molecule has 6 nitrogen and oxygen atoms in total. The fourth-order valence-corrected chi connectivity index (χ4v) is 1.26. The molecule has 0 aromatic heterocycles. The van der Waals surface area contributed by atoms with Crippen molar-refractivity contribution in [3.05, 3.63) is 56.8 Å². The number of azide groups is 2. The van der Waals surface area contributed by atoms with Crippen molar-refractivity contribution in [1.82, 2.24) is 0 Å². The smallest absolute Gasteiger partial charge is 0.0328 e. The van der Waals surface area contributed by atoms with E-state index in [9.17, 15) is 0 Å². The molecule has 0 spiro atoms. The van der Waals surface area contributed by atoms with Crippen LogP contribution in [0.25, 0.3) is 20.9 Å². The van der Waals surface area contributed by atoms with Crippen molar-refractivity contribution in [3.8, 4) is 0 Å². The van der Waals surface area contributed by atoms with Gasteiger partial charge < -0.3 is 0 Å². The first kappa shape index (κ1) is 10.9. The lowest BCUT2D eigenvalue weighted by Crippen LogP contribution is -2.05. The van der Waals surface area contributed by atoms with Crippen molar-refractivity contribution in [3.63, 3.8) is 0 Å². The molecule has 0 radical (unpaired) electrons. The standard InChI is InChI=1S/C9H10N6/c10-14-12-6-9(7-13-15-11)8-4-2-1-3-5-8/h1-5,9H,6-7H2. The summed E-state index contributed by atoms with van der Waals surface area (Å²) in [6, 6.07) is 9.54. The lowest BCUT2D eigenvalue weighted by Gasteiger charge is -2.11. The first-order valence-electron chi connectivity index (χ1n) is 4.45. The zero-order chi connectivity index (χ0) is 10.9. The van der Waals surface area contributed by atoms with Crippen molar-refractivity contribution in [1.29, 1.82) is 0 Å². The summed E-state index contributed by atoms with van der Waals surface area (Å²) < 4.78 is 0. The van der Waals surface area contributed by atoms with Crippen LogP contribution in [0.3, 0.4) is 0 Å². The summed E-state index contributed by atoms with van der Waals surface area (Å²) in [5.74, 6) is -0.0435. The SMILES string of the molecule is [N-]=[N+]=NCC(CN=[N+]=[N-])c1ccccc1. The highest BCUT2D eigenvalue weighted by atomic mass is 15.1. The molecule has 0 saturated heterocycles. The predicted octanol–water partition coefficient (Wildman–Crippen LogP) is 3.39. The van der Waals surface area contributed by atoms with Crippen LogP contribution >= 0.6 is 0 Å². The molecule has 1 aromatic carbocycles. The van der Waals surface area contributed by atoms with E-state index in [1.165, 1.54) is 0 Å². The van der Waals surface area contributed by atoms with Crippen LogP contribution in [0.1, 0.15) is 11.5 Å². The minimum absolute atomic E-state index is 0.0435. The Morgan fingerprint density at radius 3 is 2.00 bits per heavy atom. The van der Waals surface area contributed by atoms with Crippen molar-refractivity contribution in [2.75, 3.05) is 13.1 Å². The van der Waals surface area contributed by atoms with Crippen LogP contribution < -0.4 is 0 Å². The highest BCUT2D eigenvalue weighted by Gasteiger charge is 2.08. The van der Waals surface area contributed by atoms with Crippen molar-refractivity contribution in [2.45, 2.75) is 5.92 Å². The molecule has 0 aliphatic heterocycles. The van der Waals surface area contributed by atoms with Gasteiger partial charge in [-0.1, -0.05) is 40.6 Å². The highest BCUT2D eigenvalue weighted by molar-refractivity contribution is 5.20. The first-order valence-corrected chi connectivity index (χ1v) is 4.45. The van der Waals surface area contributed by atoms with Crippen LogP contribution in [-0.2, 0) is 0 Å². The van der Waals surface area contributed by atoms with E-state index in [-0.39, 0.29) is 5.92 Å². The molecule has 1 aromatic rings. The normalized spacial score (nSPS) is 10.9. The average molecular weight is 202 g/mol. The van der Waals surface area contributed by atoms with Crippen LogP contribution in [0.15, 0.2) is 40.6 Å². The first-order chi connectivity index (χ1) is 7.38. The summed E-state index contributed by atoms with van der Waals surface area (Å²) in [6.07, 6.45) is 0. The summed E-state index contributed by atoms with van der Waals surface area (Å²) >= 11 is 0.